The van der Waals surface area contributed by atoms with Crippen molar-refractivity contribution >= 4 is 0 Å². The van der Waals surface area contributed by atoms with Crippen LogP contribution in [0.25, 0.3) is 0 Å². The van der Waals surface area contributed by atoms with Crippen molar-refractivity contribution in [3.8, 4) is 11.5 Å². The number of rotatable bonds is 7. The molecule has 0 atom stereocenters. The van der Waals surface area contributed by atoms with Crippen molar-refractivity contribution in [1.82, 2.24) is 4.98 Å². The lowest BCUT2D eigenvalue weighted by Crippen LogP contribution is -2.13. The van der Waals surface area contributed by atoms with Gasteiger partial charge in [0, 0.05) is 30.9 Å². The number of ether oxygens (including phenoxy) is 2. The number of hydrogen-bond donors (Lipinski definition) is 2. The third-order valence-corrected chi connectivity index (χ3v) is 2.99. The molecule has 0 spiro atoms. The van der Waals surface area contributed by atoms with E-state index in [4.69, 9.17) is 15.2 Å². The minimum absolute atomic E-state index is 0.159. The molecule has 0 aliphatic heterocycles. The highest BCUT2D eigenvalue weighted by Gasteiger charge is 2.01. The maximum Gasteiger partial charge on any atom is 0.223 e. The van der Waals surface area contributed by atoms with Gasteiger partial charge < -0.3 is 20.2 Å². The summed E-state index contributed by atoms with van der Waals surface area (Å²) in [6, 6.07) is 9.34. The molecular formula is C16H20N2O3. The van der Waals surface area contributed by atoms with Crippen LogP contribution in [0.2, 0.25) is 0 Å². The van der Waals surface area contributed by atoms with Crippen LogP contribution >= 0.6 is 0 Å². The number of aromatic nitrogens is 1. The zero-order chi connectivity index (χ0) is 15.1. The van der Waals surface area contributed by atoms with Crippen LogP contribution in [0.5, 0.6) is 11.5 Å². The first-order valence-electron chi connectivity index (χ1n) is 6.93. The third kappa shape index (κ3) is 4.65. The van der Waals surface area contributed by atoms with Crippen molar-refractivity contribution in [2.24, 2.45) is 5.73 Å². The van der Waals surface area contributed by atoms with E-state index in [1.54, 1.807) is 6.20 Å². The van der Waals surface area contributed by atoms with Crippen LogP contribution in [0.4, 0.5) is 0 Å². The Kier molecular flexibility index (Phi) is 5.40. The van der Waals surface area contributed by atoms with Crippen molar-refractivity contribution in [2.75, 3.05) is 13.2 Å². The number of aromatic amines is 1. The summed E-state index contributed by atoms with van der Waals surface area (Å²) in [6.07, 6.45) is 2.25. The van der Waals surface area contributed by atoms with Gasteiger partial charge in [-0.25, -0.2) is 0 Å². The van der Waals surface area contributed by atoms with E-state index in [0.29, 0.717) is 37.6 Å². The van der Waals surface area contributed by atoms with Crippen LogP contribution in [-0.4, -0.2) is 18.2 Å². The number of H-pyrrole nitrogens is 1. The Balaban J connectivity index is 1.72. The van der Waals surface area contributed by atoms with E-state index in [1.165, 1.54) is 11.6 Å². The maximum atomic E-state index is 11.7. The fraction of sp³-hybridized carbons (Fsp3) is 0.312. The lowest BCUT2D eigenvalue weighted by atomic mass is 10.2. The van der Waals surface area contributed by atoms with Gasteiger partial charge in [-0.2, -0.15) is 0 Å². The molecule has 3 N–H and O–H groups in total. The van der Waals surface area contributed by atoms with Gasteiger partial charge in [-0.1, -0.05) is 17.7 Å². The van der Waals surface area contributed by atoms with Gasteiger partial charge in [-0.3, -0.25) is 4.79 Å². The molecule has 0 aliphatic carbocycles. The zero-order valence-electron chi connectivity index (χ0n) is 12.1. The van der Waals surface area contributed by atoms with Gasteiger partial charge in [0.2, 0.25) is 5.43 Å². The average Bonchev–Trinajstić information content (AvgIpc) is 2.50. The monoisotopic (exact) mass is 288 g/mol. The molecule has 0 aliphatic rings. The summed E-state index contributed by atoms with van der Waals surface area (Å²) in [4.78, 5) is 14.6. The average molecular weight is 288 g/mol. The number of aryl methyl sites for hydroxylation is 1. The highest BCUT2D eigenvalue weighted by molar-refractivity contribution is 5.26. The summed E-state index contributed by atoms with van der Waals surface area (Å²) in [5.41, 5.74) is 7.18. The zero-order valence-corrected chi connectivity index (χ0v) is 12.1. The highest BCUT2D eigenvalue weighted by atomic mass is 16.5. The summed E-state index contributed by atoms with van der Waals surface area (Å²) >= 11 is 0. The minimum atomic E-state index is -0.159. The van der Waals surface area contributed by atoms with E-state index >= 15 is 0 Å². The second kappa shape index (κ2) is 7.50. The summed E-state index contributed by atoms with van der Waals surface area (Å²) in [7, 11) is 0. The Hall–Kier alpha value is -2.27. The fourth-order valence-corrected chi connectivity index (χ4v) is 1.80. The predicted octanol–water partition coefficient (Wildman–Crippen LogP) is 1.99. The van der Waals surface area contributed by atoms with Gasteiger partial charge in [-0.15, -0.1) is 0 Å². The van der Waals surface area contributed by atoms with Crippen LogP contribution in [0, 0.1) is 6.92 Å². The van der Waals surface area contributed by atoms with E-state index in [2.05, 4.69) is 4.98 Å². The molecule has 5 heteroatoms. The number of pyridine rings is 1. The normalized spacial score (nSPS) is 10.4. The summed E-state index contributed by atoms with van der Waals surface area (Å²) in [5.74, 6) is 1.15. The molecule has 0 saturated heterocycles. The van der Waals surface area contributed by atoms with Crippen molar-refractivity contribution < 1.29 is 9.47 Å². The Bertz CT molecular complexity index is 620. The molecule has 2 aromatic rings. The molecule has 1 aromatic heterocycles. The first-order chi connectivity index (χ1) is 10.2. The Morgan fingerprint density at radius 3 is 2.52 bits per heavy atom. The van der Waals surface area contributed by atoms with Gasteiger partial charge in [0.25, 0.3) is 0 Å². The van der Waals surface area contributed by atoms with E-state index in [0.717, 1.165) is 5.75 Å². The van der Waals surface area contributed by atoms with Gasteiger partial charge in [0.15, 0.2) is 5.75 Å². The molecule has 112 valence electrons. The van der Waals surface area contributed by atoms with Crippen molar-refractivity contribution in [1.29, 1.82) is 0 Å². The smallest absolute Gasteiger partial charge is 0.223 e. The van der Waals surface area contributed by atoms with E-state index in [-0.39, 0.29) is 5.43 Å². The highest BCUT2D eigenvalue weighted by Crippen LogP contribution is 2.11. The lowest BCUT2D eigenvalue weighted by molar-refractivity contribution is 0.245. The van der Waals surface area contributed by atoms with Crippen LogP contribution in [0.1, 0.15) is 17.7 Å². The van der Waals surface area contributed by atoms with Crippen molar-refractivity contribution in [3.63, 3.8) is 0 Å². The maximum absolute atomic E-state index is 11.7. The molecular weight excluding hydrogens is 268 g/mol. The summed E-state index contributed by atoms with van der Waals surface area (Å²) in [6.45, 7) is 3.31. The van der Waals surface area contributed by atoms with Gasteiger partial charge in [0.05, 0.1) is 13.2 Å². The Morgan fingerprint density at radius 1 is 1.14 bits per heavy atom. The molecule has 0 radical (unpaired) electrons. The van der Waals surface area contributed by atoms with E-state index in [9.17, 15) is 4.79 Å². The molecule has 5 nitrogen and oxygen atoms in total. The molecule has 0 bridgehead atoms. The quantitative estimate of drug-likeness (QED) is 0.764. The number of benzene rings is 1. The number of nitrogens with one attached hydrogen (secondary N) is 1. The molecule has 21 heavy (non-hydrogen) atoms. The Labute approximate surface area is 123 Å². The SMILES string of the molecule is Cc1ccc(OCCCOc2c[nH]c(CN)cc2=O)cc1. The first-order valence-corrected chi connectivity index (χ1v) is 6.93. The van der Waals surface area contributed by atoms with Gasteiger partial charge in [-0.05, 0) is 19.1 Å². The van der Waals surface area contributed by atoms with E-state index < -0.39 is 0 Å². The number of hydrogen-bond acceptors (Lipinski definition) is 4. The minimum Gasteiger partial charge on any atom is -0.493 e. The Morgan fingerprint density at radius 2 is 1.86 bits per heavy atom. The fourth-order valence-electron chi connectivity index (χ4n) is 1.80. The summed E-state index contributed by atoms with van der Waals surface area (Å²) < 4.78 is 11.0. The molecule has 0 amide bonds. The largest absolute Gasteiger partial charge is 0.493 e. The van der Waals surface area contributed by atoms with Crippen LogP contribution < -0.4 is 20.6 Å². The second-order valence-electron chi connectivity index (χ2n) is 4.75. The molecule has 0 unspecified atom stereocenters. The van der Waals surface area contributed by atoms with Gasteiger partial charge in [0.1, 0.15) is 5.75 Å². The summed E-state index contributed by atoms with van der Waals surface area (Å²) in [5, 5.41) is 0. The third-order valence-electron chi connectivity index (χ3n) is 2.99. The molecule has 0 saturated carbocycles. The number of nitrogens with two attached hydrogens (primary N) is 1. The van der Waals surface area contributed by atoms with Crippen molar-refractivity contribution in [3.05, 3.63) is 58.0 Å². The molecule has 0 fully saturated rings. The van der Waals surface area contributed by atoms with Crippen LogP contribution in [0.15, 0.2) is 41.3 Å². The first kappa shape index (κ1) is 15.1. The topological polar surface area (TPSA) is 77.3 Å². The van der Waals surface area contributed by atoms with Crippen LogP contribution in [-0.2, 0) is 6.54 Å². The standard InChI is InChI=1S/C16H20N2O3/c1-12-3-5-14(6-4-12)20-7-2-8-21-16-11-18-13(10-17)9-15(16)19/h3-6,9,11H,2,7-8,10,17H2,1H3,(H,18,19). The van der Waals surface area contributed by atoms with E-state index in [1.807, 2.05) is 31.2 Å². The lowest BCUT2D eigenvalue weighted by Gasteiger charge is -2.08. The molecule has 2 rings (SSSR count). The molecule has 1 heterocycles. The van der Waals surface area contributed by atoms with Crippen LogP contribution in [0.3, 0.4) is 0 Å². The molecule has 1 aromatic carbocycles. The predicted molar refractivity (Wildman–Crippen MR) is 81.7 cm³/mol. The van der Waals surface area contributed by atoms with Crippen molar-refractivity contribution in [2.45, 2.75) is 19.9 Å². The van der Waals surface area contributed by atoms with Gasteiger partial charge >= 0.3 is 0 Å². The second-order valence-corrected chi connectivity index (χ2v) is 4.75.